The van der Waals surface area contributed by atoms with Gasteiger partial charge in [0, 0.05) is 5.92 Å². The fraction of sp³-hybridized carbons (Fsp3) is 0.481. The standard InChI is InChI=1S/C27H31NO3/c1-19(21-11-14-27(15-12-21)16-13-22-9-5-6-10-24(22)27)25(29)28-23(18-31-26(28)30)17-20-7-3-2-4-8-20/h2-10,19,21,23H,11-18H2,1H3/t19-,21?,23?,27?/m0/s1. The van der Waals surface area contributed by atoms with Crippen LogP contribution < -0.4 is 0 Å². The molecule has 0 aromatic heterocycles. The lowest BCUT2D eigenvalue weighted by Crippen LogP contribution is -2.45. The summed E-state index contributed by atoms with van der Waals surface area (Å²) in [6.45, 7) is 2.30. The summed E-state index contributed by atoms with van der Waals surface area (Å²) in [6, 6.07) is 18.7. The van der Waals surface area contributed by atoms with E-state index in [0.717, 1.165) is 31.2 Å². The molecule has 5 rings (SSSR count). The largest absolute Gasteiger partial charge is 0.447 e. The molecular weight excluding hydrogens is 386 g/mol. The molecule has 2 aromatic carbocycles. The summed E-state index contributed by atoms with van der Waals surface area (Å²) in [6.07, 6.45) is 6.97. The van der Waals surface area contributed by atoms with Gasteiger partial charge < -0.3 is 4.74 Å². The molecule has 3 aliphatic rings. The van der Waals surface area contributed by atoms with E-state index in [1.807, 2.05) is 37.3 Å². The molecule has 1 heterocycles. The second kappa shape index (κ2) is 8.14. The van der Waals surface area contributed by atoms with Crippen molar-refractivity contribution < 1.29 is 14.3 Å². The zero-order valence-electron chi connectivity index (χ0n) is 18.3. The maximum atomic E-state index is 13.4. The van der Waals surface area contributed by atoms with Crippen LogP contribution in [-0.2, 0) is 27.8 Å². The van der Waals surface area contributed by atoms with Crippen LogP contribution in [0.2, 0.25) is 0 Å². The average Bonchev–Trinajstić information content (AvgIpc) is 3.35. The van der Waals surface area contributed by atoms with Gasteiger partial charge in [0.2, 0.25) is 5.91 Å². The number of carbonyl (C=O) groups is 2. The van der Waals surface area contributed by atoms with Crippen molar-refractivity contribution in [3.05, 3.63) is 71.3 Å². The first-order valence-corrected chi connectivity index (χ1v) is 11.7. The number of hydrogen-bond acceptors (Lipinski definition) is 3. The van der Waals surface area contributed by atoms with E-state index in [4.69, 9.17) is 4.74 Å². The lowest BCUT2D eigenvalue weighted by atomic mass is 9.65. The number of fused-ring (bicyclic) bond motifs is 2. The minimum atomic E-state index is -0.477. The molecule has 2 amide bonds. The summed E-state index contributed by atoms with van der Waals surface area (Å²) in [5.41, 5.74) is 4.47. The number of benzene rings is 2. The van der Waals surface area contributed by atoms with Gasteiger partial charge in [0.15, 0.2) is 0 Å². The van der Waals surface area contributed by atoms with Crippen molar-refractivity contribution in [1.29, 1.82) is 0 Å². The first-order valence-electron chi connectivity index (χ1n) is 11.7. The highest BCUT2D eigenvalue weighted by Crippen LogP contribution is 2.51. The van der Waals surface area contributed by atoms with Crippen LogP contribution >= 0.6 is 0 Å². The zero-order valence-corrected chi connectivity index (χ0v) is 18.3. The van der Waals surface area contributed by atoms with Crippen molar-refractivity contribution in [3.8, 4) is 0 Å². The molecule has 2 atom stereocenters. The fourth-order valence-corrected chi connectivity index (χ4v) is 6.16. The van der Waals surface area contributed by atoms with Crippen LogP contribution in [0.3, 0.4) is 0 Å². The zero-order chi connectivity index (χ0) is 21.4. The molecule has 4 nitrogen and oxygen atoms in total. The molecule has 2 aromatic rings. The topological polar surface area (TPSA) is 46.6 Å². The second-order valence-electron chi connectivity index (χ2n) is 9.69. The Labute approximate surface area is 184 Å². The molecule has 2 fully saturated rings. The Morgan fingerprint density at radius 1 is 1.06 bits per heavy atom. The van der Waals surface area contributed by atoms with Crippen LogP contribution in [0, 0.1) is 11.8 Å². The van der Waals surface area contributed by atoms with Gasteiger partial charge in [-0.2, -0.15) is 0 Å². The summed E-state index contributed by atoms with van der Waals surface area (Å²) >= 11 is 0. The molecule has 2 aliphatic carbocycles. The van der Waals surface area contributed by atoms with Crippen molar-refractivity contribution in [1.82, 2.24) is 4.90 Å². The molecule has 1 spiro atoms. The summed E-state index contributed by atoms with van der Waals surface area (Å²) in [7, 11) is 0. The molecule has 0 N–H and O–H groups in total. The Balaban J connectivity index is 1.25. The van der Waals surface area contributed by atoms with Gasteiger partial charge in [-0.15, -0.1) is 0 Å². The predicted molar refractivity (Wildman–Crippen MR) is 120 cm³/mol. The number of ether oxygens (including phenoxy) is 1. The molecular formula is C27H31NO3. The maximum absolute atomic E-state index is 13.4. The first-order chi connectivity index (χ1) is 15.1. The van der Waals surface area contributed by atoms with Crippen LogP contribution in [0.4, 0.5) is 4.79 Å². The maximum Gasteiger partial charge on any atom is 0.416 e. The first kappa shape index (κ1) is 20.3. The molecule has 4 heteroatoms. The quantitative estimate of drug-likeness (QED) is 0.679. The van der Waals surface area contributed by atoms with Crippen molar-refractivity contribution in [2.75, 3.05) is 6.61 Å². The molecule has 31 heavy (non-hydrogen) atoms. The molecule has 1 aliphatic heterocycles. The Morgan fingerprint density at radius 2 is 1.77 bits per heavy atom. The highest BCUT2D eigenvalue weighted by atomic mass is 16.6. The van der Waals surface area contributed by atoms with E-state index < -0.39 is 6.09 Å². The van der Waals surface area contributed by atoms with Gasteiger partial charge >= 0.3 is 6.09 Å². The minimum Gasteiger partial charge on any atom is -0.447 e. The van der Waals surface area contributed by atoms with Gasteiger partial charge in [0.25, 0.3) is 0 Å². The summed E-state index contributed by atoms with van der Waals surface area (Å²) in [5.74, 6) is 0.116. The molecule has 1 unspecified atom stereocenters. The number of nitrogens with zero attached hydrogens (tertiary/aromatic N) is 1. The Morgan fingerprint density at radius 3 is 2.55 bits per heavy atom. The average molecular weight is 418 g/mol. The van der Waals surface area contributed by atoms with Gasteiger partial charge in [0.1, 0.15) is 6.61 Å². The molecule has 0 radical (unpaired) electrons. The fourth-order valence-electron chi connectivity index (χ4n) is 6.16. The van der Waals surface area contributed by atoms with Crippen molar-refractivity contribution >= 4 is 12.0 Å². The third-order valence-electron chi connectivity index (χ3n) is 8.06. The monoisotopic (exact) mass is 417 g/mol. The summed E-state index contributed by atoms with van der Waals surface area (Å²) < 4.78 is 5.29. The van der Waals surface area contributed by atoms with E-state index in [1.54, 1.807) is 5.56 Å². The molecule has 1 saturated carbocycles. The van der Waals surface area contributed by atoms with Crippen molar-refractivity contribution in [2.45, 2.75) is 63.3 Å². The molecule has 1 saturated heterocycles. The van der Waals surface area contributed by atoms with Crippen LogP contribution in [0.5, 0.6) is 0 Å². The van der Waals surface area contributed by atoms with Gasteiger partial charge in [0.05, 0.1) is 6.04 Å². The second-order valence-corrected chi connectivity index (χ2v) is 9.69. The Bertz CT molecular complexity index is 961. The molecule has 0 bridgehead atoms. The van der Waals surface area contributed by atoms with Crippen LogP contribution in [0.25, 0.3) is 0 Å². The Hall–Kier alpha value is -2.62. The lowest BCUT2D eigenvalue weighted by Gasteiger charge is -2.40. The SMILES string of the molecule is C[C@H](C(=O)N1C(=O)OCC1Cc1ccccc1)C1CCC2(CCc3ccccc32)CC1. The third kappa shape index (κ3) is 3.66. The van der Waals surface area contributed by atoms with Crippen molar-refractivity contribution in [2.24, 2.45) is 11.8 Å². The van der Waals surface area contributed by atoms with Gasteiger partial charge in [-0.05, 0) is 73.0 Å². The number of hydrogen-bond donors (Lipinski definition) is 0. The minimum absolute atomic E-state index is 0.0591. The van der Waals surface area contributed by atoms with Gasteiger partial charge in [-0.1, -0.05) is 61.5 Å². The van der Waals surface area contributed by atoms with Crippen LogP contribution in [0.15, 0.2) is 54.6 Å². The van der Waals surface area contributed by atoms with E-state index >= 15 is 0 Å². The summed E-state index contributed by atoms with van der Waals surface area (Å²) in [5, 5.41) is 0. The highest BCUT2D eigenvalue weighted by molar-refractivity contribution is 5.94. The normalized spacial score (nSPS) is 28.4. The van der Waals surface area contributed by atoms with E-state index in [2.05, 4.69) is 24.3 Å². The number of rotatable bonds is 4. The van der Waals surface area contributed by atoms with E-state index in [-0.39, 0.29) is 24.5 Å². The number of imide groups is 1. The van der Waals surface area contributed by atoms with E-state index in [9.17, 15) is 9.59 Å². The Kier molecular flexibility index (Phi) is 5.33. The smallest absolute Gasteiger partial charge is 0.416 e. The van der Waals surface area contributed by atoms with Gasteiger partial charge in [-0.3, -0.25) is 4.79 Å². The number of amides is 2. The van der Waals surface area contributed by atoms with Crippen LogP contribution in [-0.4, -0.2) is 29.5 Å². The summed E-state index contributed by atoms with van der Waals surface area (Å²) in [4.78, 5) is 27.2. The van der Waals surface area contributed by atoms with Crippen LogP contribution in [0.1, 0.15) is 55.7 Å². The molecule has 162 valence electrons. The van der Waals surface area contributed by atoms with E-state index in [0.29, 0.717) is 17.8 Å². The van der Waals surface area contributed by atoms with Gasteiger partial charge in [-0.25, -0.2) is 9.69 Å². The third-order valence-corrected chi connectivity index (χ3v) is 8.06. The number of aryl methyl sites for hydroxylation is 1. The lowest BCUT2D eigenvalue weighted by molar-refractivity contribution is -0.135. The number of carbonyl (C=O) groups excluding carboxylic acids is 2. The highest BCUT2D eigenvalue weighted by Gasteiger charge is 2.45. The predicted octanol–water partition coefficient (Wildman–Crippen LogP) is 5.29. The van der Waals surface area contributed by atoms with Crippen molar-refractivity contribution in [3.63, 3.8) is 0 Å². The van der Waals surface area contributed by atoms with E-state index in [1.165, 1.54) is 23.3 Å². The number of cyclic esters (lactones) is 1.